The molecule has 0 aliphatic rings. The Morgan fingerprint density at radius 3 is 2.21 bits per heavy atom. The molecule has 0 aliphatic heterocycles. The average Bonchev–Trinajstić information content (AvgIpc) is 2.58. The topological polar surface area (TPSA) is 42.2 Å². The van der Waals surface area contributed by atoms with Crippen molar-refractivity contribution in [1.82, 2.24) is 0 Å². The fraction of sp³-hybridized carbons (Fsp3) is 0.316. The van der Waals surface area contributed by atoms with Crippen molar-refractivity contribution in [2.24, 2.45) is 0 Å². The minimum absolute atomic E-state index is 0.374. The third-order valence-corrected chi connectivity index (χ3v) is 3.48. The van der Waals surface area contributed by atoms with Crippen molar-refractivity contribution in [2.75, 3.05) is 19.8 Å². The fourth-order valence-corrected chi connectivity index (χ4v) is 2.16. The lowest BCUT2D eigenvalue weighted by atomic mass is 10.0. The molecule has 2 aromatic carbocycles. The van der Waals surface area contributed by atoms with E-state index in [4.69, 9.17) is 14.7 Å². The van der Waals surface area contributed by atoms with Gasteiger partial charge in [0, 0.05) is 6.61 Å². The minimum atomic E-state index is -0.864. The summed E-state index contributed by atoms with van der Waals surface area (Å²) in [4.78, 5) is 0. The molecule has 2 aromatic rings. The zero-order chi connectivity index (χ0) is 17.4. The summed E-state index contributed by atoms with van der Waals surface area (Å²) in [5.41, 5.74) is 0.448. The van der Waals surface area contributed by atoms with E-state index in [-0.39, 0.29) is 0 Å². The Morgan fingerprint density at radius 2 is 1.62 bits per heavy atom. The Morgan fingerprint density at radius 1 is 0.958 bits per heavy atom. The van der Waals surface area contributed by atoms with Crippen molar-refractivity contribution >= 4 is 0 Å². The zero-order valence-electron chi connectivity index (χ0n) is 13.5. The largest absolute Gasteiger partial charge is 0.491 e. The van der Waals surface area contributed by atoms with Crippen molar-refractivity contribution in [3.8, 4) is 22.9 Å². The Kier molecular flexibility index (Phi) is 6.71. The predicted molar refractivity (Wildman–Crippen MR) is 87.7 cm³/mol. The third kappa shape index (κ3) is 4.77. The number of hydrogen-bond acceptors (Lipinski definition) is 3. The van der Waals surface area contributed by atoms with Crippen molar-refractivity contribution in [3.63, 3.8) is 0 Å². The molecule has 0 spiro atoms. The summed E-state index contributed by atoms with van der Waals surface area (Å²) >= 11 is 0. The third-order valence-electron chi connectivity index (χ3n) is 3.48. The number of hydrogen-bond donors (Lipinski definition) is 0. The molecule has 0 saturated carbocycles. The van der Waals surface area contributed by atoms with Gasteiger partial charge in [0.25, 0.3) is 0 Å². The summed E-state index contributed by atoms with van der Waals surface area (Å²) in [6.07, 6.45) is 2.13. The van der Waals surface area contributed by atoms with Crippen molar-refractivity contribution in [2.45, 2.75) is 19.8 Å². The summed E-state index contributed by atoms with van der Waals surface area (Å²) in [6, 6.07) is 10.7. The molecule has 2 rings (SSSR count). The molecule has 0 heterocycles. The highest BCUT2D eigenvalue weighted by Crippen LogP contribution is 2.26. The van der Waals surface area contributed by atoms with Gasteiger partial charge in [-0.25, -0.2) is 8.78 Å². The van der Waals surface area contributed by atoms with Crippen LogP contribution in [-0.2, 0) is 4.74 Å². The van der Waals surface area contributed by atoms with E-state index in [2.05, 4.69) is 6.92 Å². The summed E-state index contributed by atoms with van der Waals surface area (Å²) in [5.74, 6) is -1.07. The molecule has 24 heavy (non-hydrogen) atoms. The highest BCUT2D eigenvalue weighted by Gasteiger charge is 2.11. The predicted octanol–water partition coefficient (Wildman–Crippen LogP) is 4.70. The summed E-state index contributed by atoms with van der Waals surface area (Å²) in [7, 11) is 0. The number of ether oxygens (including phenoxy) is 2. The number of halogens is 2. The molecule has 0 fully saturated rings. The molecule has 0 bridgehead atoms. The number of rotatable bonds is 8. The van der Waals surface area contributed by atoms with E-state index < -0.39 is 17.2 Å². The summed E-state index contributed by atoms with van der Waals surface area (Å²) in [6.45, 7) is 3.80. The van der Waals surface area contributed by atoms with Crippen LogP contribution < -0.4 is 4.74 Å². The van der Waals surface area contributed by atoms with Crippen LogP contribution in [0.4, 0.5) is 8.78 Å². The van der Waals surface area contributed by atoms with E-state index in [0.29, 0.717) is 30.1 Å². The number of nitrogens with zero attached hydrogens (tertiary/aromatic N) is 1. The first-order valence-electron chi connectivity index (χ1n) is 7.85. The first-order valence-corrected chi connectivity index (χ1v) is 7.85. The van der Waals surface area contributed by atoms with Gasteiger partial charge in [-0.15, -0.1) is 0 Å². The van der Waals surface area contributed by atoms with Gasteiger partial charge >= 0.3 is 0 Å². The van der Waals surface area contributed by atoms with Gasteiger partial charge in [-0.1, -0.05) is 25.5 Å². The Bertz CT molecular complexity index is 685. The molecule has 0 aliphatic carbocycles. The first kappa shape index (κ1) is 17.9. The minimum Gasteiger partial charge on any atom is -0.491 e. The van der Waals surface area contributed by atoms with E-state index in [1.54, 1.807) is 24.3 Å². The molecule has 126 valence electrons. The molecular weight excluding hydrogens is 312 g/mol. The van der Waals surface area contributed by atoms with Gasteiger partial charge < -0.3 is 9.47 Å². The van der Waals surface area contributed by atoms with Gasteiger partial charge in [-0.3, -0.25) is 0 Å². The monoisotopic (exact) mass is 331 g/mol. The second kappa shape index (κ2) is 8.99. The smallest absolute Gasteiger partial charge is 0.144 e. The second-order valence-corrected chi connectivity index (χ2v) is 5.27. The molecule has 0 saturated heterocycles. The van der Waals surface area contributed by atoms with Crippen molar-refractivity contribution in [3.05, 3.63) is 53.6 Å². The Balaban J connectivity index is 1.96. The van der Waals surface area contributed by atoms with E-state index in [0.717, 1.165) is 31.6 Å². The van der Waals surface area contributed by atoms with Gasteiger partial charge in [0.15, 0.2) is 0 Å². The summed E-state index contributed by atoms with van der Waals surface area (Å²) in [5, 5.41) is 8.69. The normalized spacial score (nSPS) is 10.4. The van der Waals surface area contributed by atoms with Crippen LogP contribution in [0.1, 0.15) is 25.3 Å². The SMILES string of the molecule is CCCCOCCOc1ccc(-c2cc(F)c(C#N)c(F)c2)cc1. The van der Waals surface area contributed by atoms with E-state index in [9.17, 15) is 8.78 Å². The Labute approximate surface area is 140 Å². The fourth-order valence-electron chi connectivity index (χ4n) is 2.16. The lowest BCUT2D eigenvalue weighted by molar-refractivity contribution is 0.0981. The van der Waals surface area contributed by atoms with E-state index in [1.807, 2.05) is 0 Å². The number of unbranched alkanes of at least 4 members (excludes halogenated alkanes) is 1. The molecule has 3 nitrogen and oxygen atoms in total. The van der Waals surface area contributed by atoms with Crippen LogP contribution in [0.25, 0.3) is 11.1 Å². The van der Waals surface area contributed by atoms with Crippen LogP contribution >= 0.6 is 0 Å². The average molecular weight is 331 g/mol. The molecule has 0 aromatic heterocycles. The van der Waals surface area contributed by atoms with Crippen LogP contribution in [-0.4, -0.2) is 19.8 Å². The highest BCUT2D eigenvalue weighted by molar-refractivity contribution is 5.65. The lowest BCUT2D eigenvalue weighted by Crippen LogP contribution is -2.07. The zero-order valence-corrected chi connectivity index (χ0v) is 13.5. The van der Waals surface area contributed by atoms with Crippen molar-refractivity contribution in [1.29, 1.82) is 5.26 Å². The first-order chi connectivity index (χ1) is 11.7. The van der Waals surface area contributed by atoms with Crippen LogP contribution in [0.15, 0.2) is 36.4 Å². The highest BCUT2D eigenvalue weighted by atomic mass is 19.1. The molecule has 0 amide bonds. The molecular formula is C19H19F2NO2. The van der Waals surface area contributed by atoms with Gasteiger partial charge in [0.1, 0.15) is 35.6 Å². The molecule has 0 N–H and O–H groups in total. The standard InChI is InChI=1S/C19H19F2NO2/c1-2-3-8-23-9-10-24-16-6-4-14(5-7-16)15-11-18(20)17(13-22)19(21)12-15/h4-7,11-12H,2-3,8-10H2,1H3. The quantitative estimate of drug-likeness (QED) is 0.659. The van der Waals surface area contributed by atoms with Crippen LogP contribution in [0, 0.1) is 23.0 Å². The number of nitriles is 1. The van der Waals surface area contributed by atoms with Crippen LogP contribution in [0.3, 0.4) is 0 Å². The second-order valence-electron chi connectivity index (χ2n) is 5.27. The van der Waals surface area contributed by atoms with Crippen LogP contribution in [0.2, 0.25) is 0 Å². The molecule has 0 atom stereocenters. The van der Waals surface area contributed by atoms with E-state index in [1.165, 1.54) is 6.07 Å². The van der Waals surface area contributed by atoms with Crippen molar-refractivity contribution < 1.29 is 18.3 Å². The molecule has 0 radical (unpaired) electrons. The van der Waals surface area contributed by atoms with Gasteiger partial charge in [0.2, 0.25) is 0 Å². The molecule has 5 heteroatoms. The maximum absolute atomic E-state index is 13.7. The number of benzene rings is 2. The maximum atomic E-state index is 13.7. The molecule has 0 unspecified atom stereocenters. The van der Waals surface area contributed by atoms with Gasteiger partial charge in [-0.05, 0) is 41.8 Å². The van der Waals surface area contributed by atoms with Gasteiger partial charge in [0.05, 0.1) is 6.61 Å². The van der Waals surface area contributed by atoms with Crippen LogP contribution in [0.5, 0.6) is 5.75 Å². The van der Waals surface area contributed by atoms with E-state index >= 15 is 0 Å². The maximum Gasteiger partial charge on any atom is 0.144 e. The van der Waals surface area contributed by atoms with Gasteiger partial charge in [-0.2, -0.15) is 5.26 Å². The lowest BCUT2D eigenvalue weighted by Gasteiger charge is -2.08. The Hall–Kier alpha value is -2.45. The summed E-state index contributed by atoms with van der Waals surface area (Å²) < 4.78 is 38.3.